The molecule has 0 aliphatic carbocycles. The lowest BCUT2D eigenvalue weighted by Crippen LogP contribution is -2.51. The molecule has 5 heteroatoms. The van der Waals surface area contributed by atoms with Crippen LogP contribution >= 0.6 is 0 Å². The van der Waals surface area contributed by atoms with Crippen molar-refractivity contribution in [2.24, 2.45) is 0 Å². The standard InChI is InChI=1S/C17H28N2O3/c1-5-15(17(2,3)13-9-7-6-8-10-13)19-16(21)18-11-14(20)12-22-4/h6-10,14-15,20H,5,11-12H2,1-4H3,(H2,18,19,21). The maximum absolute atomic E-state index is 12.0. The molecule has 0 fully saturated rings. The second kappa shape index (κ2) is 8.76. The SMILES string of the molecule is CCC(NC(=O)NCC(O)COC)C(C)(C)c1ccccc1. The highest BCUT2D eigenvalue weighted by molar-refractivity contribution is 5.74. The van der Waals surface area contributed by atoms with E-state index in [-0.39, 0.29) is 30.6 Å². The zero-order valence-corrected chi connectivity index (χ0v) is 13.9. The number of carbonyl (C=O) groups is 1. The smallest absolute Gasteiger partial charge is 0.315 e. The van der Waals surface area contributed by atoms with Crippen LogP contribution in [0.2, 0.25) is 0 Å². The van der Waals surface area contributed by atoms with Gasteiger partial charge >= 0.3 is 6.03 Å². The largest absolute Gasteiger partial charge is 0.389 e. The number of urea groups is 1. The Kier molecular flexibility index (Phi) is 7.35. The van der Waals surface area contributed by atoms with E-state index in [9.17, 15) is 9.90 Å². The summed E-state index contributed by atoms with van der Waals surface area (Å²) < 4.78 is 4.83. The van der Waals surface area contributed by atoms with Crippen LogP contribution in [0, 0.1) is 0 Å². The molecule has 0 bridgehead atoms. The highest BCUT2D eigenvalue weighted by atomic mass is 16.5. The molecule has 22 heavy (non-hydrogen) atoms. The lowest BCUT2D eigenvalue weighted by molar-refractivity contribution is 0.0658. The van der Waals surface area contributed by atoms with E-state index < -0.39 is 6.10 Å². The number of nitrogens with one attached hydrogen (secondary N) is 2. The molecular weight excluding hydrogens is 280 g/mol. The second-order valence-electron chi connectivity index (χ2n) is 6.01. The van der Waals surface area contributed by atoms with Crippen LogP contribution in [0.15, 0.2) is 30.3 Å². The van der Waals surface area contributed by atoms with Crippen molar-refractivity contribution in [2.75, 3.05) is 20.3 Å². The molecule has 1 aromatic rings. The van der Waals surface area contributed by atoms with Crippen molar-refractivity contribution in [3.8, 4) is 0 Å². The van der Waals surface area contributed by atoms with Gasteiger partial charge in [-0.05, 0) is 12.0 Å². The van der Waals surface area contributed by atoms with E-state index in [1.54, 1.807) is 0 Å². The molecule has 0 aromatic heterocycles. The molecule has 0 aliphatic heterocycles. The van der Waals surface area contributed by atoms with Crippen molar-refractivity contribution in [1.82, 2.24) is 10.6 Å². The summed E-state index contributed by atoms with van der Waals surface area (Å²) in [5.41, 5.74) is 1.000. The average molecular weight is 308 g/mol. The van der Waals surface area contributed by atoms with E-state index in [4.69, 9.17) is 4.74 Å². The Balaban J connectivity index is 2.62. The summed E-state index contributed by atoms with van der Waals surface area (Å²) in [5, 5.41) is 15.2. The molecule has 0 heterocycles. The third-order valence-corrected chi connectivity index (χ3v) is 3.96. The predicted octanol–water partition coefficient (Wildman–Crippen LogP) is 2.05. The van der Waals surface area contributed by atoms with Crippen LogP contribution in [-0.2, 0) is 10.2 Å². The van der Waals surface area contributed by atoms with Gasteiger partial charge in [0.1, 0.15) is 0 Å². The van der Waals surface area contributed by atoms with Gasteiger partial charge in [0.05, 0.1) is 12.7 Å². The minimum atomic E-state index is -0.696. The Morgan fingerprint density at radius 3 is 2.50 bits per heavy atom. The average Bonchev–Trinajstić information content (AvgIpc) is 2.51. The number of aliphatic hydroxyl groups excluding tert-OH is 1. The van der Waals surface area contributed by atoms with E-state index in [2.05, 4.69) is 43.5 Å². The Hall–Kier alpha value is -1.59. The zero-order valence-electron chi connectivity index (χ0n) is 13.9. The Labute approximate surface area is 133 Å². The predicted molar refractivity (Wildman–Crippen MR) is 88.0 cm³/mol. The number of benzene rings is 1. The number of amides is 2. The first-order valence-electron chi connectivity index (χ1n) is 7.68. The van der Waals surface area contributed by atoms with E-state index >= 15 is 0 Å². The lowest BCUT2D eigenvalue weighted by Gasteiger charge is -2.35. The molecule has 0 aliphatic rings. The Bertz CT molecular complexity index is 448. The topological polar surface area (TPSA) is 70.6 Å². The van der Waals surface area contributed by atoms with Crippen molar-refractivity contribution < 1.29 is 14.6 Å². The molecule has 0 radical (unpaired) electrons. The molecule has 124 valence electrons. The van der Waals surface area contributed by atoms with Crippen LogP contribution < -0.4 is 10.6 Å². The fourth-order valence-corrected chi connectivity index (χ4v) is 2.53. The molecule has 1 aromatic carbocycles. The van der Waals surface area contributed by atoms with Gasteiger partial charge in [0.15, 0.2) is 0 Å². The third-order valence-electron chi connectivity index (χ3n) is 3.96. The Morgan fingerprint density at radius 1 is 1.32 bits per heavy atom. The zero-order chi connectivity index (χ0) is 16.6. The summed E-state index contributed by atoms with van der Waals surface area (Å²) in [7, 11) is 1.51. The lowest BCUT2D eigenvalue weighted by atomic mass is 9.76. The van der Waals surface area contributed by atoms with E-state index in [1.807, 2.05) is 18.2 Å². The first kappa shape index (κ1) is 18.5. The van der Waals surface area contributed by atoms with Crippen molar-refractivity contribution in [2.45, 2.75) is 44.8 Å². The van der Waals surface area contributed by atoms with Crippen molar-refractivity contribution in [1.29, 1.82) is 0 Å². The van der Waals surface area contributed by atoms with Crippen molar-refractivity contribution in [3.63, 3.8) is 0 Å². The fraction of sp³-hybridized carbons (Fsp3) is 0.588. The number of methoxy groups -OCH3 is 1. The number of rotatable bonds is 8. The van der Waals surface area contributed by atoms with Gasteiger partial charge in [-0.2, -0.15) is 0 Å². The molecule has 2 atom stereocenters. The van der Waals surface area contributed by atoms with Gasteiger partial charge in [-0.25, -0.2) is 4.79 Å². The van der Waals surface area contributed by atoms with Gasteiger partial charge in [0, 0.05) is 25.1 Å². The van der Waals surface area contributed by atoms with Gasteiger partial charge in [-0.3, -0.25) is 0 Å². The number of hydrogen-bond acceptors (Lipinski definition) is 3. The number of hydrogen-bond donors (Lipinski definition) is 3. The van der Waals surface area contributed by atoms with Crippen LogP contribution in [0.25, 0.3) is 0 Å². The third kappa shape index (κ3) is 5.31. The minimum Gasteiger partial charge on any atom is -0.389 e. The maximum Gasteiger partial charge on any atom is 0.315 e. The summed E-state index contributed by atoms with van der Waals surface area (Å²) in [4.78, 5) is 12.0. The molecule has 5 nitrogen and oxygen atoms in total. The number of ether oxygens (including phenoxy) is 1. The first-order chi connectivity index (χ1) is 10.4. The maximum atomic E-state index is 12.0. The second-order valence-corrected chi connectivity index (χ2v) is 6.01. The molecule has 1 rings (SSSR count). The van der Waals surface area contributed by atoms with Crippen LogP contribution in [0.1, 0.15) is 32.8 Å². The minimum absolute atomic E-state index is 0.00512. The molecule has 0 spiro atoms. The molecular formula is C17H28N2O3. The highest BCUT2D eigenvalue weighted by Crippen LogP contribution is 2.28. The normalized spacial score (nSPS) is 14.2. The summed E-state index contributed by atoms with van der Waals surface area (Å²) >= 11 is 0. The van der Waals surface area contributed by atoms with E-state index in [0.29, 0.717) is 0 Å². The quantitative estimate of drug-likeness (QED) is 0.688. The van der Waals surface area contributed by atoms with Gasteiger partial charge in [-0.1, -0.05) is 51.1 Å². The first-order valence-corrected chi connectivity index (χ1v) is 7.68. The fourth-order valence-electron chi connectivity index (χ4n) is 2.53. The molecule has 0 saturated heterocycles. The van der Waals surface area contributed by atoms with Crippen LogP contribution in [0.5, 0.6) is 0 Å². The van der Waals surface area contributed by atoms with Crippen molar-refractivity contribution >= 4 is 6.03 Å². The Morgan fingerprint density at radius 2 is 1.95 bits per heavy atom. The van der Waals surface area contributed by atoms with Crippen LogP contribution in [0.3, 0.4) is 0 Å². The number of aliphatic hydroxyl groups is 1. The van der Waals surface area contributed by atoms with Crippen LogP contribution in [0.4, 0.5) is 4.79 Å². The number of carbonyl (C=O) groups excluding carboxylic acids is 1. The summed E-state index contributed by atoms with van der Waals surface area (Å²) in [6, 6.07) is 9.86. The molecule has 0 saturated carbocycles. The highest BCUT2D eigenvalue weighted by Gasteiger charge is 2.31. The van der Waals surface area contributed by atoms with Gasteiger partial charge < -0.3 is 20.5 Å². The summed E-state index contributed by atoms with van der Waals surface area (Å²) in [6.07, 6.45) is 0.119. The summed E-state index contributed by atoms with van der Waals surface area (Å²) in [6.45, 7) is 6.66. The molecule has 2 unspecified atom stereocenters. The summed E-state index contributed by atoms with van der Waals surface area (Å²) in [5.74, 6) is 0. The van der Waals surface area contributed by atoms with Gasteiger partial charge in [-0.15, -0.1) is 0 Å². The van der Waals surface area contributed by atoms with Crippen LogP contribution in [-0.4, -0.2) is 43.5 Å². The van der Waals surface area contributed by atoms with Gasteiger partial charge in [0.25, 0.3) is 0 Å². The molecule has 3 N–H and O–H groups in total. The van der Waals surface area contributed by atoms with Crippen molar-refractivity contribution in [3.05, 3.63) is 35.9 Å². The van der Waals surface area contributed by atoms with E-state index in [1.165, 1.54) is 12.7 Å². The van der Waals surface area contributed by atoms with E-state index in [0.717, 1.165) is 6.42 Å². The molecule has 2 amide bonds. The van der Waals surface area contributed by atoms with Gasteiger partial charge in [0.2, 0.25) is 0 Å². The monoisotopic (exact) mass is 308 g/mol.